The quantitative estimate of drug-likeness (QED) is 0.818. The summed E-state index contributed by atoms with van der Waals surface area (Å²) in [5.41, 5.74) is 0.647. The highest BCUT2D eigenvalue weighted by Crippen LogP contribution is 2.27. The van der Waals surface area contributed by atoms with Crippen molar-refractivity contribution >= 4 is 11.6 Å². The van der Waals surface area contributed by atoms with Crippen LogP contribution in [0.15, 0.2) is 0 Å². The first-order valence-electron chi connectivity index (χ1n) is 4.75. The number of methoxy groups -OCH3 is 2. The molecule has 1 amide bonds. The molecule has 0 atom stereocenters. The second kappa shape index (κ2) is 5.65. The summed E-state index contributed by atoms with van der Waals surface area (Å²) in [4.78, 5) is 19.0. The van der Waals surface area contributed by atoms with E-state index in [1.165, 1.54) is 21.1 Å². The van der Waals surface area contributed by atoms with Gasteiger partial charge in [0.15, 0.2) is 0 Å². The van der Waals surface area contributed by atoms with Crippen molar-refractivity contribution in [3.63, 3.8) is 0 Å². The minimum Gasteiger partial charge on any atom is -0.479 e. The van der Waals surface area contributed by atoms with Gasteiger partial charge in [0, 0.05) is 6.92 Å². The minimum absolute atomic E-state index is 0.0187. The van der Waals surface area contributed by atoms with Crippen LogP contribution in [0.5, 0.6) is 11.9 Å². The second-order valence-electron chi connectivity index (χ2n) is 3.06. The number of nitrogens with one attached hydrogen (secondary N) is 1. The van der Waals surface area contributed by atoms with Crippen LogP contribution in [0.4, 0.5) is 5.69 Å². The minimum atomic E-state index is -0.295. The molecule has 0 aliphatic carbocycles. The van der Waals surface area contributed by atoms with Crippen LogP contribution in [0.25, 0.3) is 0 Å². The van der Waals surface area contributed by atoms with Crippen LogP contribution >= 0.6 is 0 Å². The Morgan fingerprint density at radius 1 is 1.41 bits per heavy atom. The summed E-state index contributed by atoms with van der Waals surface area (Å²) in [6.07, 6.45) is 0.0187. The monoisotopic (exact) mass is 236 g/mol. The molecule has 0 aromatic carbocycles. The Labute approximate surface area is 98.4 Å². The van der Waals surface area contributed by atoms with E-state index in [2.05, 4.69) is 15.3 Å². The van der Waals surface area contributed by atoms with Gasteiger partial charge in [-0.25, -0.2) is 0 Å². The van der Waals surface area contributed by atoms with Crippen molar-refractivity contribution in [2.75, 3.05) is 19.5 Å². The molecule has 0 bridgehead atoms. The zero-order valence-electron chi connectivity index (χ0n) is 9.77. The normalized spacial score (nSPS) is 9.29. The highest BCUT2D eigenvalue weighted by molar-refractivity contribution is 5.90. The number of ether oxygens (including phenoxy) is 2. The molecule has 0 saturated heterocycles. The Morgan fingerprint density at radius 3 is 2.59 bits per heavy atom. The molecule has 0 aliphatic rings. The van der Waals surface area contributed by atoms with Crippen LogP contribution in [0.2, 0.25) is 0 Å². The van der Waals surface area contributed by atoms with Crippen LogP contribution in [0.1, 0.15) is 12.6 Å². The largest absolute Gasteiger partial charge is 0.479 e. The van der Waals surface area contributed by atoms with E-state index in [0.717, 1.165) is 0 Å². The average Bonchev–Trinajstić information content (AvgIpc) is 2.30. The molecule has 1 aromatic rings. The third-order valence-corrected chi connectivity index (χ3v) is 1.85. The number of nitriles is 1. The van der Waals surface area contributed by atoms with Gasteiger partial charge in [0.25, 0.3) is 0 Å². The summed E-state index contributed by atoms with van der Waals surface area (Å²) in [5, 5.41) is 11.2. The molecule has 1 rings (SSSR count). The van der Waals surface area contributed by atoms with E-state index in [9.17, 15) is 4.79 Å². The molecule has 0 fully saturated rings. The lowest BCUT2D eigenvalue weighted by Gasteiger charge is -2.12. The van der Waals surface area contributed by atoms with Crippen LogP contribution < -0.4 is 14.8 Å². The first-order valence-corrected chi connectivity index (χ1v) is 4.75. The molecule has 0 spiro atoms. The maximum absolute atomic E-state index is 11.1. The topological polar surface area (TPSA) is 97.1 Å². The van der Waals surface area contributed by atoms with E-state index >= 15 is 0 Å². The van der Waals surface area contributed by atoms with Gasteiger partial charge < -0.3 is 14.8 Å². The Bertz CT molecular complexity index is 467. The number of hydrogen-bond donors (Lipinski definition) is 1. The summed E-state index contributed by atoms with van der Waals surface area (Å²) in [5.74, 6) is -0.131. The molecule has 0 radical (unpaired) electrons. The number of rotatable bonds is 4. The standard InChI is InChI=1S/C10H12N4O3/c1-6(15)12-8-7(4-5-11)13-10(17-3)14-9(8)16-2/h4H2,1-3H3,(H,12,15). The molecule has 0 saturated carbocycles. The van der Waals surface area contributed by atoms with Crippen molar-refractivity contribution in [1.29, 1.82) is 5.26 Å². The van der Waals surface area contributed by atoms with E-state index in [4.69, 9.17) is 14.7 Å². The van der Waals surface area contributed by atoms with Gasteiger partial charge in [-0.1, -0.05) is 0 Å². The number of carbonyl (C=O) groups excluding carboxylic acids is 1. The molecule has 1 N–H and O–H groups in total. The molecule has 7 heteroatoms. The van der Waals surface area contributed by atoms with Crippen LogP contribution in [-0.4, -0.2) is 30.1 Å². The molecular weight excluding hydrogens is 224 g/mol. The van der Waals surface area contributed by atoms with Crippen molar-refractivity contribution in [3.05, 3.63) is 5.69 Å². The van der Waals surface area contributed by atoms with E-state index in [0.29, 0.717) is 11.4 Å². The van der Waals surface area contributed by atoms with Crippen LogP contribution in [-0.2, 0) is 11.2 Å². The second-order valence-corrected chi connectivity index (χ2v) is 3.06. The molecule has 17 heavy (non-hydrogen) atoms. The molecule has 1 heterocycles. The predicted octanol–water partition coefficient (Wildman–Crippen LogP) is 0.518. The summed E-state index contributed by atoms with van der Waals surface area (Å²) in [6.45, 7) is 1.35. The number of anilines is 1. The van der Waals surface area contributed by atoms with Crippen molar-refractivity contribution in [1.82, 2.24) is 9.97 Å². The molecule has 1 aromatic heterocycles. The number of hydrogen-bond acceptors (Lipinski definition) is 6. The van der Waals surface area contributed by atoms with Gasteiger partial charge in [0.2, 0.25) is 11.8 Å². The molecule has 0 unspecified atom stereocenters. The Balaban J connectivity index is 3.30. The van der Waals surface area contributed by atoms with Gasteiger partial charge in [0.1, 0.15) is 5.69 Å². The summed E-state index contributed by atoms with van der Waals surface area (Å²) >= 11 is 0. The van der Waals surface area contributed by atoms with Gasteiger partial charge in [-0.2, -0.15) is 15.2 Å². The van der Waals surface area contributed by atoms with E-state index in [-0.39, 0.29) is 24.2 Å². The number of amides is 1. The van der Waals surface area contributed by atoms with Crippen molar-refractivity contribution < 1.29 is 14.3 Å². The third-order valence-electron chi connectivity index (χ3n) is 1.85. The lowest BCUT2D eigenvalue weighted by Crippen LogP contribution is -2.12. The van der Waals surface area contributed by atoms with Crippen molar-refractivity contribution in [3.8, 4) is 18.0 Å². The smallest absolute Gasteiger partial charge is 0.319 e. The fourth-order valence-corrected chi connectivity index (χ4v) is 1.21. The first-order chi connectivity index (χ1) is 8.12. The lowest BCUT2D eigenvalue weighted by molar-refractivity contribution is -0.114. The first kappa shape index (κ1) is 12.7. The number of nitrogens with zero attached hydrogens (tertiary/aromatic N) is 3. The Morgan fingerprint density at radius 2 is 2.12 bits per heavy atom. The van der Waals surface area contributed by atoms with Gasteiger partial charge in [-0.05, 0) is 0 Å². The summed E-state index contributed by atoms with van der Waals surface area (Å²) in [7, 11) is 2.81. The SMILES string of the molecule is COc1nc(CC#N)c(NC(C)=O)c(OC)n1. The third kappa shape index (κ3) is 3.04. The molecule has 0 aliphatic heterocycles. The van der Waals surface area contributed by atoms with E-state index < -0.39 is 0 Å². The van der Waals surface area contributed by atoms with E-state index in [1.54, 1.807) is 0 Å². The maximum atomic E-state index is 11.1. The zero-order valence-corrected chi connectivity index (χ0v) is 9.77. The maximum Gasteiger partial charge on any atom is 0.319 e. The van der Waals surface area contributed by atoms with Crippen LogP contribution in [0, 0.1) is 11.3 Å². The summed E-state index contributed by atoms with van der Waals surface area (Å²) < 4.78 is 9.90. The molecular formula is C10H12N4O3. The number of aromatic nitrogens is 2. The molecule has 7 nitrogen and oxygen atoms in total. The van der Waals surface area contributed by atoms with Crippen LogP contribution in [0.3, 0.4) is 0 Å². The Kier molecular flexibility index (Phi) is 4.22. The van der Waals surface area contributed by atoms with Crippen molar-refractivity contribution in [2.45, 2.75) is 13.3 Å². The van der Waals surface area contributed by atoms with Gasteiger partial charge >= 0.3 is 6.01 Å². The fraction of sp³-hybridized carbons (Fsp3) is 0.400. The predicted molar refractivity (Wildman–Crippen MR) is 58.8 cm³/mol. The van der Waals surface area contributed by atoms with E-state index in [1.807, 2.05) is 6.07 Å². The highest BCUT2D eigenvalue weighted by Gasteiger charge is 2.16. The number of carbonyl (C=O) groups is 1. The lowest BCUT2D eigenvalue weighted by atomic mass is 10.2. The average molecular weight is 236 g/mol. The van der Waals surface area contributed by atoms with Gasteiger partial charge in [-0.15, -0.1) is 0 Å². The highest BCUT2D eigenvalue weighted by atomic mass is 16.5. The Hall–Kier alpha value is -2.36. The van der Waals surface area contributed by atoms with Crippen molar-refractivity contribution in [2.24, 2.45) is 0 Å². The zero-order chi connectivity index (χ0) is 12.8. The van der Waals surface area contributed by atoms with Gasteiger partial charge in [0.05, 0.1) is 32.4 Å². The fourth-order valence-electron chi connectivity index (χ4n) is 1.21. The summed E-state index contributed by atoms with van der Waals surface area (Å²) in [6, 6.07) is 2.03. The molecule has 90 valence electrons. The van der Waals surface area contributed by atoms with Gasteiger partial charge in [-0.3, -0.25) is 4.79 Å².